The van der Waals surface area contributed by atoms with Crippen LogP contribution >= 0.6 is 0 Å². The van der Waals surface area contributed by atoms with Crippen molar-refractivity contribution in [3.05, 3.63) is 78.4 Å². The molecule has 6 N–H and O–H groups in total. The molecule has 0 radical (unpaired) electrons. The summed E-state index contributed by atoms with van der Waals surface area (Å²) < 4.78 is 29.8. The van der Waals surface area contributed by atoms with E-state index in [9.17, 15) is 13.2 Å². The zero-order valence-corrected chi connectivity index (χ0v) is 20.2. The van der Waals surface area contributed by atoms with Crippen molar-refractivity contribution in [2.45, 2.75) is 30.5 Å². The first-order valence-corrected chi connectivity index (χ1v) is 12.4. The smallest absolute Gasteiger partial charge is 0.249 e. The fraction of sp³-hybridized carbons (Fsp3) is 0.200. The molecule has 1 aliphatic rings. The highest BCUT2D eigenvalue weighted by Gasteiger charge is 2.44. The number of sulfonamides is 1. The summed E-state index contributed by atoms with van der Waals surface area (Å²) in [6, 6.07) is 19.9. The predicted molar refractivity (Wildman–Crippen MR) is 136 cm³/mol. The third-order valence-corrected chi connectivity index (χ3v) is 6.85. The van der Waals surface area contributed by atoms with Crippen LogP contribution < -0.4 is 21.1 Å². The van der Waals surface area contributed by atoms with Crippen LogP contribution in [0.4, 0.5) is 11.4 Å². The van der Waals surface area contributed by atoms with Crippen LogP contribution in [0, 0.1) is 5.41 Å². The summed E-state index contributed by atoms with van der Waals surface area (Å²) in [5.74, 6) is -0.323. The van der Waals surface area contributed by atoms with Crippen molar-refractivity contribution in [2.24, 2.45) is 10.9 Å². The number of carbonyl (C=O) groups excluding carboxylic acids is 1. The molecule has 0 bridgehead atoms. The quantitative estimate of drug-likeness (QED) is 0.306. The van der Waals surface area contributed by atoms with E-state index in [2.05, 4.69) is 5.32 Å². The molecule has 35 heavy (non-hydrogen) atoms. The Morgan fingerprint density at radius 1 is 1.09 bits per heavy atom. The lowest BCUT2D eigenvalue weighted by molar-refractivity contribution is -0.117. The molecule has 1 amide bonds. The molecule has 1 fully saturated rings. The molecule has 182 valence electrons. The van der Waals surface area contributed by atoms with Gasteiger partial charge in [-0.2, -0.15) is 0 Å². The first kappa shape index (κ1) is 24.4. The number of nitrogen functional groups attached to an aromatic ring is 1. The maximum atomic E-state index is 13.2. The number of hydrogen-bond acceptors (Lipinski definition) is 6. The number of amidine groups is 1. The Labute approximate surface area is 204 Å². The van der Waals surface area contributed by atoms with Gasteiger partial charge in [0.25, 0.3) is 0 Å². The minimum absolute atomic E-state index is 0.0329. The maximum absolute atomic E-state index is 13.2. The van der Waals surface area contributed by atoms with Crippen molar-refractivity contribution in [3.8, 4) is 11.1 Å². The number of primary sulfonamides is 1. The number of nitrogens with zero attached hydrogens (tertiary/aromatic N) is 1. The Hall–Kier alpha value is -3.73. The molecule has 3 aromatic rings. The number of anilines is 2. The SMILES string of the molecule is CC1(C)OCC(C(=O)Nc2ccc(-c3ccccc3S(N)(=O)=O)cc2)N1c1cccc(C(=N)N)c1. The minimum atomic E-state index is -3.88. The second-order valence-corrected chi connectivity index (χ2v) is 10.2. The maximum Gasteiger partial charge on any atom is 0.249 e. The molecule has 0 spiro atoms. The first-order chi connectivity index (χ1) is 16.5. The Morgan fingerprint density at radius 2 is 1.77 bits per heavy atom. The van der Waals surface area contributed by atoms with Crippen LogP contribution in [0.15, 0.2) is 77.7 Å². The van der Waals surface area contributed by atoms with E-state index in [0.29, 0.717) is 22.4 Å². The molecule has 3 aromatic carbocycles. The van der Waals surface area contributed by atoms with Gasteiger partial charge in [-0.3, -0.25) is 10.2 Å². The molecule has 0 aliphatic carbocycles. The van der Waals surface area contributed by atoms with Crippen LogP contribution in [0.3, 0.4) is 0 Å². The van der Waals surface area contributed by atoms with E-state index in [4.69, 9.17) is 21.0 Å². The predicted octanol–water partition coefficient (Wildman–Crippen LogP) is 2.87. The summed E-state index contributed by atoms with van der Waals surface area (Å²) in [6.45, 7) is 3.93. The number of carbonyl (C=O) groups is 1. The van der Waals surface area contributed by atoms with Crippen LogP contribution in [0.5, 0.6) is 0 Å². The Bertz CT molecular complexity index is 1390. The van der Waals surface area contributed by atoms with Crippen LogP contribution in [0.1, 0.15) is 19.4 Å². The van der Waals surface area contributed by atoms with Crippen LogP contribution in [-0.4, -0.2) is 38.5 Å². The monoisotopic (exact) mass is 493 g/mol. The fourth-order valence-electron chi connectivity index (χ4n) is 4.22. The van der Waals surface area contributed by atoms with E-state index < -0.39 is 21.8 Å². The molecule has 4 rings (SSSR count). The van der Waals surface area contributed by atoms with Crippen molar-refractivity contribution < 1.29 is 17.9 Å². The van der Waals surface area contributed by atoms with Crippen LogP contribution in [0.2, 0.25) is 0 Å². The summed E-state index contributed by atoms with van der Waals surface area (Å²) in [6.07, 6.45) is 0. The van der Waals surface area contributed by atoms with Gasteiger partial charge in [-0.15, -0.1) is 0 Å². The molecule has 0 aromatic heterocycles. The normalized spacial score (nSPS) is 17.2. The van der Waals surface area contributed by atoms with Gasteiger partial charge < -0.3 is 20.7 Å². The number of ether oxygens (including phenoxy) is 1. The summed E-state index contributed by atoms with van der Waals surface area (Å²) in [7, 11) is -3.88. The van der Waals surface area contributed by atoms with Crippen molar-refractivity contribution in [1.82, 2.24) is 0 Å². The Balaban J connectivity index is 1.57. The lowest BCUT2D eigenvalue weighted by Crippen LogP contribution is -2.49. The van der Waals surface area contributed by atoms with E-state index in [-0.39, 0.29) is 23.2 Å². The first-order valence-electron chi connectivity index (χ1n) is 10.9. The van der Waals surface area contributed by atoms with Gasteiger partial charge >= 0.3 is 0 Å². The van der Waals surface area contributed by atoms with Crippen molar-refractivity contribution in [2.75, 3.05) is 16.8 Å². The van der Waals surface area contributed by atoms with Gasteiger partial charge in [0.1, 0.15) is 17.6 Å². The molecule has 1 aliphatic heterocycles. The summed E-state index contributed by atoms with van der Waals surface area (Å²) in [4.78, 5) is 15.1. The fourth-order valence-corrected chi connectivity index (χ4v) is 4.98. The van der Waals surface area contributed by atoms with E-state index in [0.717, 1.165) is 5.69 Å². The molecule has 1 saturated heterocycles. The topological polar surface area (TPSA) is 152 Å². The van der Waals surface area contributed by atoms with Gasteiger partial charge in [0.2, 0.25) is 15.9 Å². The summed E-state index contributed by atoms with van der Waals surface area (Å²) >= 11 is 0. The van der Waals surface area contributed by atoms with Gasteiger partial charge in [-0.1, -0.05) is 42.5 Å². The van der Waals surface area contributed by atoms with Gasteiger partial charge in [0.15, 0.2) is 0 Å². The van der Waals surface area contributed by atoms with Gasteiger partial charge in [-0.05, 0) is 49.7 Å². The average molecular weight is 494 g/mol. The second-order valence-electron chi connectivity index (χ2n) is 8.72. The van der Waals surface area contributed by atoms with Gasteiger partial charge in [0.05, 0.1) is 11.5 Å². The van der Waals surface area contributed by atoms with E-state index in [1.165, 1.54) is 6.07 Å². The lowest BCUT2D eigenvalue weighted by atomic mass is 10.1. The number of nitrogens with two attached hydrogens (primary N) is 2. The number of hydrogen-bond donors (Lipinski definition) is 4. The highest BCUT2D eigenvalue weighted by atomic mass is 32.2. The van der Waals surface area contributed by atoms with Crippen molar-refractivity contribution >= 4 is 33.1 Å². The number of amides is 1. The standard InChI is InChI=1S/C25H27N5O4S/c1-25(2)30(19-7-5-6-17(14-19)23(26)27)21(15-34-25)24(31)29-18-12-10-16(11-13-18)20-8-3-4-9-22(20)35(28,32)33/h3-14,21H,15H2,1-2H3,(H3,26,27)(H,29,31)(H2,28,32,33). The second kappa shape index (κ2) is 9.14. The summed E-state index contributed by atoms with van der Waals surface area (Å²) in [5.41, 5.74) is 7.85. The third kappa shape index (κ3) is 5.04. The summed E-state index contributed by atoms with van der Waals surface area (Å²) in [5, 5.41) is 16.0. The molecular formula is C25H27N5O4S. The molecule has 1 heterocycles. The van der Waals surface area contributed by atoms with E-state index in [1.54, 1.807) is 60.7 Å². The van der Waals surface area contributed by atoms with E-state index in [1.807, 2.05) is 24.8 Å². The zero-order chi connectivity index (χ0) is 25.4. The molecule has 1 atom stereocenters. The molecular weight excluding hydrogens is 466 g/mol. The highest BCUT2D eigenvalue weighted by molar-refractivity contribution is 7.89. The molecule has 10 heteroatoms. The number of nitrogens with one attached hydrogen (secondary N) is 2. The molecule has 9 nitrogen and oxygen atoms in total. The molecule has 1 unspecified atom stereocenters. The van der Waals surface area contributed by atoms with Gasteiger partial charge in [0, 0.05) is 22.5 Å². The Kier molecular flexibility index (Phi) is 6.37. The minimum Gasteiger partial charge on any atom is -0.384 e. The average Bonchev–Trinajstić information content (AvgIpc) is 3.14. The van der Waals surface area contributed by atoms with Crippen molar-refractivity contribution in [3.63, 3.8) is 0 Å². The zero-order valence-electron chi connectivity index (χ0n) is 19.4. The van der Waals surface area contributed by atoms with Gasteiger partial charge in [-0.25, -0.2) is 13.6 Å². The third-order valence-electron chi connectivity index (χ3n) is 5.88. The van der Waals surface area contributed by atoms with E-state index >= 15 is 0 Å². The number of rotatable bonds is 6. The molecule has 0 saturated carbocycles. The largest absolute Gasteiger partial charge is 0.384 e. The van der Waals surface area contributed by atoms with Crippen LogP contribution in [-0.2, 0) is 19.6 Å². The van der Waals surface area contributed by atoms with Crippen LogP contribution in [0.25, 0.3) is 11.1 Å². The highest BCUT2D eigenvalue weighted by Crippen LogP contribution is 2.34. The lowest BCUT2D eigenvalue weighted by Gasteiger charge is -2.35. The van der Waals surface area contributed by atoms with Crippen molar-refractivity contribution in [1.29, 1.82) is 5.41 Å². The number of benzene rings is 3. The Morgan fingerprint density at radius 3 is 2.43 bits per heavy atom.